The van der Waals surface area contributed by atoms with E-state index < -0.39 is 30.1 Å². The van der Waals surface area contributed by atoms with Crippen LogP contribution in [-0.2, 0) is 24.4 Å². The lowest BCUT2D eigenvalue weighted by atomic mass is 9.78. The van der Waals surface area contributed by atoms with Crippen molar-refractivity contribution < 1.29 is 23.5 Å². The molecule has 0 bridgehead atoms. The number of phenols is 1. The van der Waals surface area contributed by atoms with Gasteiger partial charge in [0.15, 0.2) is 5.78 Å². The number of aromatic hydroxyl groups is 1. The van der Waals surface area contributed by atoms with Gasteiger partial charge < -0.3 is 14.2 Å². The summed E-state index contributed by atoms with van der Waals surface area (Å²) in [5, 5.41) is 11.0. The Morgan fingerprint density at radius 1 is 1.00 bits per heavy atom. The second-order valence-corrected chi connectivity index (χ2v) is 11.9. The van der Waals surface area contributed by atoms with Crippen LogP contribution in [0.2, 0.25) is 0 Å². The van der Waals surface area contributed by atoms with E-state index in [9.17, 15) is 14.5 Å². The number of nitrogens with one attached hydrogen (secondary N) is 2. The highest BCUT2D eigenvalue weighted by molar-refractivity contribution is 7.54. The first-order valence-electron chi connectivity index (χ1n) is 10.3. The van der Waals surface area contributed by atoms with E-state index >= 15 is 0 Å². The number of hydrazine groups is 1. The Morgan fingerprint density at radius 2 is 1.47 bits per heavy atom. The summed E-state index contributed by atoms with van der Waals surface area (Å²) in [7, 11) is -1.16. The number of carbonyl (C=O) groups is 1. The van der Waals surface area contributed by atoms with Gasteiger partial charge in [0.05, 0.1) is 0 Å². The van der Waals surface area contributed by atoms with Gasteiger partial charge in [-0.1, -0.05) is 41.5 Å². The normalized spacial score (nSPS) is 13.6. The van der Waals surface area contributed by atoms with Gasteiger partial charge in [0, 0.05) is 32.2 Å². The third-order valence-corrected chi connectivity index (χ3v) is 7.23. The first kappa shape index (κ1) is 26.0. The molecule has 0 fully saturated rings. The van der Waals surface area contributed by atoms with Gasteiger partial charge in [-0.2, -0.15) is 0 Å². The third-order valence-electron chi connectivity index (χ3n) is 5.15. The van der Waals surface area contributed by atoms with Crippen molar-refractivity contribution in [3.05, 3.63) is 58.9 Å². The van der Waals surface area contributed by atoms with Crippen LogP contribution < -0.4 is 10.9 Å². The van der Waals surface area contributed by atoms with Gasteiger partial charge in [-0.3, -0.25) is 19.8 Å². The van der Waals surface area contributed by atoms with Gasteiger partial charge in [-0.05, 0) is 51.8 Å². The molecule has 1 unspecified atom stereocenters. The molecule has 1 heterocycles. The average Bonchev–Trinajstić information content (AvgIpc) is 2.73. The van der Waals surface area contributed by atoms with Crippen LogP contribution in [0.5, 0.6) is 5.75 Å². The van der Waals surface area contributed by atoms with E-state index in [2.05, 4.69) is 15.8 Å². The maximum atomic E-state index is 13.5. The van der Waals surface area contributed by atoms with Gasteiger partial charge in [-0.15, -0.1) is 0 Å². The van der Waals surface area contributed by atoms with Crippen molar-refractivity contribution >= 4 is 13.5 Å². The standard InChI is InChI=1S/C23H34N3O5P/c1-22(2,3)17-13-16(14-18(19(17)27)23(4,5)6)21(32(29,30-7)31-8)26-25-20(28)15-9-11-24-12-10-15/h9-14,21,26-27H,1-8H3,(H,25,28). The zero-order valence-corrected chi connectivity index (χ0v) is 20.9. The number of pyridine rings is 1. The Hall–Kier alpha value is -2.25. The molecule has 9 heteroatoms. The van der Waals surface area contributed by atoms with Gasteiger partial charge >= 0.3 is 7.60 Å². The summed E-state index contributed by atoms with van der Waals surface area (Å²) in [4.78, 5) is 16.5. The minimum absolute atomic E-state index is 0.193. The average molecular weight is 464 g/mol. The Bertz CT molecular complexity index is 954. The van der Waals surface area contributed by atoms with Crippen LogP contribution in [0.3, 0.4) is 0 Å². The molecule has 0 aliphatic carbocycles. The molecule has 0 aliphatic heterocycles. The van der Waals surface area contributed by atoms with E-state index in [1.165, 1.54) is 26.6 Å². The first-order valence-corrected chi connectivity index (χ1v) is 11.9. The van der Waals surface area contributed by atoms with E-state index in [-0.39, 0.29) is 5.75 Å². The molecular weight excluding hydrogens is 429 g/mol. The Kier molecular flexibility index (Phi) is 7.89. The summed E-state index contributed by atoms with van der Waals surface area (Å²) < 4.78 is 24.0. The van der Waals surface area contributed by atoms with Crippen molar-refractivity contribution in [1.29, 1.82) is 0 Å². The molecule has 3 N–H and O–H groups in total. The fourth-order valence-electron chi connectivity index (χ4n) is 3.30. The van der Waals surface area contributed by atoms with Crippen molar-refractivity contribution in [2.24, 2.45) is 0 Å². The van der Waals surface area contributed by atoms with Crippen LogP contribution in [-0.4, -0.2) is 30.2 Å². The molecule has 2 aromatic rings. The molecule has 1 aromatic heterocycles. The fourth-order valence-corrected chi connectivity index (χ4v) is 4.61. The molecule has 176 valence electrons. The Balaban J connectivity index is 2.61. The highest BCUT2D eigenvalue weighted by Gasteiger charge is 2.38. The van der Waals surface area contributed by atoms with E-state index in [1.807, 2.05) is 41.5 Å². The SMILES string of the molecule is COP(=O)(OC)C(NNC(=O)c1ccncc1)c1cc(C(C)(C)C)c(O)c(C(C)(C)C)c1. The Labute approximate surface area is 190 Å². The lowest BCUT2D eigenvalue weighted by Crippen LogP contribution is -2.40. The smallest absolute Gasteiger partial charge is 0.353 e. The summed E-state index contributed by atoms with van der Waals surface area (Å²) in [6.45, 7) is 11.9. The number of nitrogens with zero attached hydrogens (tertiary/aromatic N) is 1. The predicted octanol–water partition coefficient (Wildman–Crippen LogP) is 4.80. The van der Waals surface area contributed by atoms with Gasteiger partial charge in [0.2, 0.25) is 0 Å². The number of benzene rings is 1. The van der Waals surface area contributed by atoms with Crippen molar-refractivity contribution in [2.45, 2.75) is 58.2 Å². The molecule has 0 aliphatic rings. The largest absolute Gasteiger partial charge is 0.507 e. The second kappa shape index (κ2) is 9.71. The first-order chi connectivity index (χ1) is 14.7. The van der Waals surface area contributed by atoms with Crippen molar-refractivity contribution in [3.63, 3.8) is 0 Å². The van der Waals surface area contributed by atoms with Crippen molar-refractivity contribution in [3.8, 4) is 5.75 Å². The summed E-state index contributed by atoms with van der Waals surface area (Å²) >= 11 is 0. The van der Waals surface area contributed by atoms with Crippen molar-refractivity contribution in [2.75, 3.05) is 14.2 Å². The summed E-state index contributed by atoms with van der Waals surface area (Å²) in [5.41, 5.74) is 6.95. The minimum Gasteiger partial charge on any atom is -0.507 e. The monoisotopic (exact) mass is 463 g/mol. The molecule has 8 nitrogen and oxygen atoms in total. The predicted molar refractivity (Wildman–Crippen MR) is 125 cm³/mol. The Morgan fingerprint density at radius 3 is 1.88 bits per heavy atom. The number of amides is 1. The zero-order chi connectivity index (χ0) is 24.3. The zero-order valence-electron chi connectivity index (χ0n) is 20.0. The number of carbonyl (C=O) groups excluding carboxylic acids is 1. The van der Waals surface area contributed by atoms with E-state index in [0.29, 0.717) is 22.3 Å². The quantitative estimate of drug-likeness (QED) is 0.400. The molecule has 1 aromatic carbocycles. The number of phenolic OH excluding ortho intramolecular Hbond substituents is 1. The second-order valence-electron chi connectivity index (χ2n) is 9.61. The number of rotatable bonds is 7. The number of aromatic nitrogens is 1. The van der Waals surface area contributed by atoms with E-state index in [0.717, 1.165) is 0 Å². The number of hydrogen-bond acceptors (Lipinski definition) is 7. The molecule has 1 atom stereocenters. The van der Waals surface area contributed by atoms with E-state index in [1.54, 1.807) is 24.3 Å². The van der Waals surface area contributed by atoms with Crippen molar-refractivity contribution in [1.82, 2.24) is 15.8 Å². The molecular formula is C23H34N3O5P. The summed E-state index contributed by atoms with van der Waals surface area (Å²) in [5.74, 6) is -1.26. The van der Waals surface area contributed by atoms with Crippen LogP contribution in [0.4, 0.5) is 0 Å². The molecule has 0 spiro atoms. The molecule has 1 amide bonds. The third kappa shape index (κ3) is 5.75. The lowest BCUT2D eigenvalue weighted by Gasteiger charge is -2.31. The molecule has 0 radical (unpaired) electrons. The summed E-state index contributed by atoms with van der Waals surface area (Å²) in [6, 6.07) is 6.67. The highest BCUT2D eigenvalue weighted by atomic mass is 31.2. The van der Waals surface area contributed by atoms with Gasteiger partial charge in [-0.25, -0.2) is 5.43 Å². The maximum Gasteiger partial charge on any atom is 0.353 e. The van der Waals surface area contributed by atoms with Gasteiger partial charge in [0.1, 0.15) is 5.75 Å². The maximum absolute atomic E-state index is 13.5. The molecule has 2 rings (SSSR count). The van der Waals surface area contributed by atoms with E-state index in [4.69, 9.17) is 9.05 Å². The van der Waals surface area contributed by atoms with Crippen LogP contribution in [0.25, 0.3) is 0 Å². The van der Waals surface area contributed by atoms with Crippen LogP contribution in [0.15, 0.2) is 36.7 Å². The van der Waals surface area contributed by atoms with Crippen LogP contribution in [0, 0.1) is 0 Å². The van der Waals surface area contributed by atoms with Gasteiger partial charge in [0.25, 0.3) is 5.91 Å². The molecule has 0 saturated carbocycles. The van der Waals surface area contributed by atoms with Crippen LogP contribution >= 0.6 is 7.60 Å². The lowest BCUT2D eigenvalue weighted by molar-refractivity contribution is 0.0928. The fraction of sp³-hybridized carbons (Fsp3) is 0.478. The molecule has 0 saturated heterocycles. The molecule has 32 heavy (non-hydrogen) atoms. The summed E-state index contributed by atoms with van der Waals surface area (Å²) in [6.07, 6.45) is 3.01. The van der Waals surface area contributed by atoms with Crippen LogP contribution in [0.1, 0.15) is 74.4 Å². The minimum atomic E-state index is -3.74. The number of hydrogen-bond donors (Lipinski definition) is 3. The topological polar surface area (TPSA) is 110 Å². The highest BCUT2D eigenvalue weighted by Crippen LogP contribution is 2.59.